The molecule has 0 radical (unpaired) electrons. The number of fused-ring (bicyclic) bond motifs is 2. The zero-order valence-electron chi connectivity index (χ0n) is 17.3. The van der Waals surface area contributed by atoms with Crippen molar-refractivity contribution in [3.63, 3.8) is 0 Å². The number of aromatic amines is 1. The van der Waals surface area contributed by atoms with Crippen LogP contribution in [0.3, 0.4) is 0 Å². The lowest BCUT2D eigenvalue weighted by molar-refractivity contribution is -0.122. The van der Waals surface area contributed by atoms with Gasteiger partial charge in [0.15, 0.2) is 0 Å². The predicted molar refractivity (Wildman–Crippen MR) is 124 cm³/mol. The second kappa shape index (κ2) is 7.39. The standard InChI is InChI=1S/C23H21N3O3S2/c1-12-4-8-15(9-5-12)26-21(27)17-16(13-6-10-14(11-7-13)25(2)3)18-20(24-23(29)31-18)30-19(17)22(26)28/h4-11,16-17,19H,1-3H3,(H,24,29). The molecule has 2 amide bonds. The third-order valence-electron chi connectivity index (χ3n) is 5.88. The number of aryl methyl sites for hydroxylation is 1. The Bertz CT molecular complexity index is 1230. The number of nitrogens with one attached hydrogen (secondary N) is 1. The van der Waals surface area contributed by atoms with E-state index in [1.54, 1.807) is 0 Å². The van der Waals surface area contributed by atoms with Crippen molar-refractivity contribution in [1.82, 2.24) is 4.98 Å². The maximum absolute atomic E-state index is 13.6. The molecule has 8 heteroatoms. The minimum atomic E-state index is -0.565. The summed E-state index contributed by atoms with van der Waals surface area (Å²) in [6.45, 7) is 1.97. The van der Waals surface area contributed by atoms with Crippen LogP contribution in [0.4, 0.5) is 11.4 Å². The molecule has 1 saturated heterocycles. The van der Waals surface area contributed by atoms with E-state index in [2.05, 4.69) is 4.98 Å². The number of amides is 2. The number of thioether (sulfide) groups is 1. The second-order valence-corrected chi connectivity index (χ2v) is 10.2. The molecule has 3 unspecified atom stereocenters. The average Bonchev–Trinajstić information content (AvgIpc) is 3.24. The van der Waals surface area contributed by atoms with Crippen molar-refractivity contribution in [2.75, 3.05) is 23.9 Å². The number of rotatable bonds is 3. The van der Waals surface area contributed by atoms with Crippen molar-refractivity contribution in [1.29, 1.82) is 0 Å². The smallest absolute Gasteiger partial charge is 0.305 e. The molecule has 0 saturated carbocycles. The Balaban J connectivity index is 1.62. The van der Waals surface area contributed by atoms with Crippen LogP contribution in [0.15, 0.2) is 58.4 Å². The molecule has 0 bridgehead atoms. The van der Waals surface area contributed by atoms with Crippen molar-refractivity contribution < 1.29 is 9.59 Å². The Morgan fingerprint density at radius 2 is 1.61 bits per heavy atom. The summed E-state index contributed by atoms with van der Waals surface area (Å²) in [5.74, 6) is -1.33. The largest absolute Gasteiger partial charge is 0.378 e. The summed E-state index contributed by atoms with van der Waals surface area (Å²) < 4.78 is 0. The molecule has 1 fully saturated rings. The molecular weight excluding hydrogens is 430 g/mol. The molecule has 158 valence electrons. The molecule has 3 aromatic rings. The molecule has 2 aromatic carbocycles. The first-order chi connectivity index (χ1) is 14.8. The number of hydrogen-bond donors (Lipinski definition) is 1. The molecule has 3 atom stereocenters. The fourth-order valence-corrected chi connectivity index (χ4v) is 6.82. The lowest BCUT2D eigenvalue weighted by Gasteiger charge is -2.30. The Morgan fingerprint density at radius 1 is 0.935 bits per heavy atom. The summed E-state index contributed by atoms with van der Waals surface area (Å²) in [5, 5.41) is 0.134. The highest BCUT2D eigenvalue weighted by Gasteiger charge is 2.56. The number of H-pyrrole nitrogens is 1. The molecule has 2 aliphatic rings. The molecule has 31 heavy (non-hydrogen) atoms. The molecule has 5 rings (SSSR count). The number of benzene rings is 2. The van der Waals surface area contributed by atoms with Crippen LogP contribution in [0.2, 0.25) is 0 Å². The molecule has 2 aliphatic heterocycles. The fraction of sp³-hybridized carbons (Fsp3) is 0.261. The van der Waals surface area contributed by atoms with Crippen molar-refractivity contribution >= 4 is 46.3 Å². The van der Waals surface area contributed by atoms with E-state index in [0.29, 0.717) is 10.7 Å². The first kappa shape index (κ1) is 20.1. The van der Waals surface area contributed by atoms with Gasteiger partial charge in [-0.2, -0.15) is 0 Å². The first-order valence-electron chi connectivity index (χ1n) is 9.96. The van der Waals surface area contributed by atoms with E-state index in [1.807, 2.05) is 74.4 Å². The van der Waals surface area contributed by atoms with Gasteiger partial charge in [-0.15, -0.1) is 0 Å². The van der Waals surface area contributed by atoms with Gasteiger partial charge in [0.25, 0.3) is 0 Å². The molecule has 1 aromatic heterocycles. The van der Waals surface area contributed by atoms with E-state index < -0.39 is 11.2 Å². The summed E-state index contributed by atoms with van der Waals surface area (Å²) in [6.07, 6.45) is 0. The zero-order valence-corrected chi connectivity index (χ0v) is 18.9. The first-order valence-corrected chi connectivity index (χ1v) is 11.7. The highest BCUT2D eigenvalue weighted by atomic mass is 32.2. The number of nitrogens with zero attached hydrogens (tertiary/aromatic N) is 2. The number of aromatic nitrogens is 1. The van der Waals surface area contributed by atoms with Crippen molar-refractivity contribution in [3.05, 3.63) is 74.2 Å². The molecule has 0 aliphatic carbocycles. The maximum Gasteiger partial charge on any atom is 0.305 e. The third-order valence-corrected chi connectivity index (χ3v) is 8.29. The van der Waals surface area contributed by atoms with Gasteiger partial charge in [-0.25, -0.2) is 4.90 Å². The summed E-state index contributed by atoms with van der Waals surface area (Å²) in [7, 11) is 3.94. The number of hydrogen-bond acceptors (Lipinski definition) is 6. The fourth-order valence-electron chi connectivity index (χ4n) is 4.30. The van der Waals surface area contributed by atoms with Gasteiger partial charge in [0.05, 0.1) is 16.6 Å². The topological polar surface area (TPSA) is 73.5 Å². The van der Waals surface area contributed by atoms with Gasteiger partial charge in [0.2, 0.25) is 11.8 Å². The SMILES string of the molecule is Cc1ccc(N2C(=O)C3Sc4[nH]c(=O)sc4C(c4ccc(N(C)C)cc4)C3C2=O)cc1. The number of anilines is 2. The third kappa shape index (κ3) is 3.21. The van der Waals surface area contributed by atoms with E-state index in [1.165, 1.54) is 16.7 Å². The number of imide groups is 1. The summed E-state index contributed by atoms with van der Waals surface area (Å²) in [5.41, 5.74) is 3.63. The highest BCUT2D eigenvalue weighted by Crippen LogP contribution is 2.53. The van der Waals surface area contributed by atoms with E-state index in [9.17, 15) is 14.4 Å². The summed E-state index contributed by atoms with van der Waals surface area (Å²) in [4.78, 5) is 46.0. The van der Waals surface area contributed by atoms with E-state index in [0.717, 1.165) is 33.0 Å². The minimum Gasteiger partial charge on any atom is -0.378 e. The Hall–Kier alpha value is -2.84. The van der Waals surface area contributed by atoms with E-state index >= 15 is 0 Å². The van der Waals surface area contributed by atoms with Gasteiger partial charge in [-0.1, -0.05) is 52.9 Å². The predicted octanol–water partition coefficient (Wildman–Crippen LogP) is 3.61. The van der Waals surface area contributed by atoms with Gasteiger partial charge in [0.1, 0.15) is 5.25 Å². The number of carbonyl (C=O) groups is 2. The van der Waals surface area contributed by atoms with Gasteiger partial charge >= 0.3 is 4.87 Å². The molecule has 3 heterocycles. The molecule has 6 nitrogen and oxygen atoms in total. The van der Waals surface area contributed by atoms with Gasteiger partial charge in [-0.05, 0) is 36.8 Å². The quantitative estimate of drug-likeness (QED) is 0.616. The van der Waals surface area contributed by atoms with Crippen LogP contribution in [0, 0.1) is 12.8 Å². The molecule has 1 N–H and O–H groups in total. The van der Waals surface area contributed by atoms with Crippen LogP contribution in [0.25, 0.3) is 0 Å². The molecule has 0 spiro atoms. The van der Waals surface area contributed by atoms with Crippen molar-refractivity contribution in [2.24, 2.45) is 5.92 Å². The zero-order chi connectivity index (χ0) is 21.9. The monoisotopic (exact) mass is 451 g/mol. The van der Waals surface area contributed by atoms with Gasteiger partial charge < -0.3 is 9.88 Å². The highest BCUT2D eigenvalue weighted by molar-refractivity contribution is 8.00. The Labute approximate surface area is 187 Å². The van der Waals surface area contributed by atoms with Gasteiger partial charge in [0, 0.05) is 30.6 Å². The van der Waals surface area contributed by atoms with Crippen LogP contribution in [0.1, 0.15) is 21.9 Å². The van der Waals surface area contributed by atoms with Crippen molar-refractivity contribution in [3.8, 4) is 0 Å². The lowest BCUT2D eigenvalue weighted by Crippen LogP contribution is -2.32. The van der Waals surface area contributed by atoms with Crippen LogP contribution < -0.4 is 14.7 Å². The van der Waals surface area contributed by atoms with E-state index in [-0.39, 0.29) is 22.6 Å². The summed E-state index contributed by atoms with van der Waals surface area (Å²) >= 11 is 2.43. The van der Waals surface area contributed by atoms with Crippen LogP contribution in [-0.4, -0.2) is 36.1 Å². The average molecular weight is 452 g/mol. The van der Waals surface area contributed by atoms with E-state index in [4.69, 9.17) is 0 Å². The Morgan fingerprint density at radius 3 is 2.26 bits per heavy atom. The Kier molecular flexibility index (Phi) is 4.79. The van der Waals surface area contributed by atoms with Crippen molar-refractivity contribution in [2.45, 2.75) is 23.1 Å². The van der Waals surface area contributed by atoms with Gasteiger partial charge in [-0.3, -0.25) is 14.4 Å². The molecular formula is C23H21N3O3S2. The normalized spacial score (nSPS) is 22.4. The lowest BCUT2D eigenvalue weighted by atomic mass is 9.83. The van der Waals surface area contributed by atoms with Crippen LogP contribution in [0.5, 0.6) is 0 Å². The minimum absolute atomic E-state index is 0.164. The number of carbonyl (C=O) groups excluding carboxylic acids is 2. The summed E-state index contributed by atoms with van der Waals surface area (Å²) in [6, 6.07) is 15.4. The number of thiazole rings is 1. The second-order valence-electron chi connectivity index (χ2n) is 8.08. The maximum atomic E-state index is 13.6. The van der Waals surface area contributed by atoms with Crippen LogP contribution in [-0.2, 0) is 9.59 Å². The van der Waals surface area contributed by atoms with Crippen LogP contribution >= 0.6 is 23.1 Å².